The van der Waals surface area contributed by atoms with E-state index in [0.29, 0.717) is 42.6 Å². The van der Waals surface area contributed by atoms with E-state index in [1.807, 2.05) is 4.90 Å². The molecular weight excluding hydrogens is 336 g/mol. The summed E-state index contributed by atoms with van der Waals surface area (Å²) in [5.41, 5.74) is 0.537. The van der Waals surface area contributed by atoms with Crippen LogP contribution >= 0.6 is 0 Å². The first kappa shape index (κ1) is 20.0. The van der Waals surface area contributed by atoms with Crippen molar-refractivity contribution in [2.24, 2.45) is 5.92 Å². The Labute approximate surface area is 154 Å². The van der Waals surface area contributed by atoms with Crippen LogP contribution < -0.4 is 14.8 Å². The summed E-state index contributed by atoms with van der Waals surface area (Å²) in [6.45, 7) is 2.53. The van der Waals surface area contributed by atoms with Gasteiger partial charge >= 0.3 is 0 Å². The Bertz CT molecular complexity index is 612. The Kier molecular flexibility index (Phi) is 7.72. The molecule has 1 saturated heterocycles. The van der Waals surface area contributed by atoms with Gasteiger partial charge in [0.1, 0.15) is 0 Å². The van der Waals surface area contributed by atoms with Crippen LogP contribution in [0.2, 0.25) is 0 Å². The molecule has 1 aliphatic heterocycles. The lowest BCUT2D eigenvalue weighted by atomic mass is 9.96. The van der Waals surface area contributed by atoms with Crippen molar-refractivity contribution in [3.8, 4) is 11.5 Å². The van der Waals surface area contributed by atoms with E-state index in [1.165, 1.54) is 0 Å². The molecule has 26 heavy (non-hydrogen) atoms. The highest BCUT2D eigenvalue weighted by Gasteiger charge is 2.23. The second-order valence-electron chi connectivity index (χ2n) is 6.35. The van der Waals surface area contributed by atoms with Gasteiger partial charge in [0.05, 0.1) is 27.2 Å². The van der Waals surface area contributed by atoms with Gasteiger partial charge in [-0.2, -0.15) is 0 Å². The number of hydrogen-bond acceptors (Lipinski definition) is 5. The Morgan fingerprint density at radius 1 is 1.12 bits per heavy atom. The van der Waals surface area contributed by atoms with Gasteiger partial charge < -0.3 is 24.4 Å². The van der Waals surface area contributed by atoms with Crippen LogP contribution in [0.25, 0.3) is 0 Å². The summed E-state index contributed by atoms with van der Waals surface area (Å²) >= 11 is 0. The number of methoxy groups -OCH3 is 3. The summed E-state index contributed by atoms with van der Waals surface area (Å²) in [5, 5.41) is 2.98. The van der Waals surface area contributed by atoms with Gasteiger partial charge in [-0.1, -0.05) is 0 Å². The molecule has 1 aromatic rings. The summed E-state index contributed by atoms with van der Waals surface area (Å²) in [4.78, 5) is 26.2. The van der Waals surface area contributed by atoms with E-state index < -0.39 is 0 Å². The third-order valence-electron chi connectivity index (χ3n) is 4.68. The van der Waals surface area contributed by atoms with Crippen molar-refractivity contribution >= 4 is 11.8 Å². The van der Waals surface area contributed by atoms with Crippen LogP contribution in [-0.4, -0.2) is 64.3 Å². The van der Waals surface area contributed by atoms with Crippen molar-refractivity contribution in [2.75, 3.05) is 47.6 Å². The van der Waals surface area contributed by atoms with Gasteiger partial charge in [0.15, 0.2) is 11.5 Å². The number of nitrogens with one attached hydrogen (secondary N) is 1. The molecule has 2 rings (SSSR count). The third-order valence-corrected chi connectivity index (χ3v) is 4.68. The lowest BCUT2D eigenvalue weighted by Crippen LogP contribution is -2.41. The highest BCUT2D eigenvalue weighted by Crippen LogP contribution is 2.27. The van der Waals surface area contributed by atoms with Crippen molar-refractivity contribution in [3.63, 3.8) is 0 Å². The largest absolute Gasteiger partial charge is 0.493 e. The predicted molar refractivity (Wildman–Crippen MR) is 97.7 cm³/mol. The minimum Gasteiger partial charge on any atom is -0.493 e. The van der Waals surface area contributed by atoms with Crippen LogP contribution in [0.3, 0.4) is 0 Å². The summed E-state index contributed by atoms with van der Waals surface area (Å²) in [6, 6.07) is 5.11. The fourth-order valence-electron chi connectivity index (χ4n) is 3.05. The number of amides is 2. The fourth-order valence-corrected chi connectivity index (χ4v) is 3.05. The third kappa shape index (κ3) is 5.36. The molecule has 0 spiro atoms. The molecule has 1 aromatic carbocycles. The number of carbonyl (C=O) groups is 2. The molecule has 7 nitrogen and oxygen atoms in total. The quantitative estimate of drug-likeness (QED) is 0.760. The smallest absolute Gasteiger partial charge is 0.251 e. The average Bonchev–Trinajstić information content (AvgIpc) is 2.69. The Morgan fingerprint density at radius 2 is 1.81 bits per heavy atom. The maximum Gasteiger partial charge on any atom is 0.251 e. The maximum atomic E-state index is 12.4. The molecule has 7 heteroatoms. The van der Waals surface area contributed by atoms with Crippen molar-refractivity contribution in [2.45, 2.75) is 19.3 Å². The number of ether oxygens (including phenoxy) is 3. The lowest BCUT2D eigenvalue weighted by Gasteiger charge is -2.32. The minimum absolute atomic E-state index is 0.135. The average molecular weight is 364 g/mol. The molecule has 0 radical (unpaired) electrons. The Hall–Kier alpha value is -2.28. The number of hydrogen-bond donors (Lipinski definition) is 1. The molecule has 1 aliphatic rings. The molecule has 2 amide bonds. The van der Waals surface area contributed by atoms with Gasteiger partial charge in [-0.05, 0) is 37.0 Å². The van der Waals surface area contributed by atoms with Crippen LogP contribution in [0.4, 0.5) is 0 Å². The molecule has 1 fully saturated rings. The normalized spacial score (nSPS) is 14.8. The molecule has 144 valence electrons. The molecule has 0 bridgehead atoms. The summed E-state index contributed by atoms with van der Waals surface area (Å²) in [6.07, 6.45) is 2.22. The van der Waals surface area contributed by atoms with Crippen molar-refractivity contribution in [1.82, 2.24) is 10.2 Å². The minimum atomic E-state index is -0.135. The van der Waals surface area contributed by atoms with Gasteiger partial charge in [-0.3, -0.25) is 9.59 Å². The molecule has 1 heterocycles. The number of benzene rings is 1. The molecule has 0 unspecified atom stereocenters. The first-order valence-corrected chi connectivity index (χ1v) is 8.86. The van der Waals surface area contributed by atoms with Crippen LogP contribution in [0.15, 0.2) is 18.2 Å². The van der Waals surface area contributed by atoms with E-state index in [-0.39, 0.29) is 11.8 Å². The number of likely N-dealkylation sites (tertiary alicyclic amines) is 1. The van der Waals surface area contributed by atoms with Crippen LogP contribution in [0.5, 0.6) is 11.5 Å². The number of piperidine rings is 1. The van der Waals surface area contributed by atoms with Gasteiger partial charge in [0.25, 0.3) is 5.91 Å². The SMILES string of the molecule is COCCC(=O)N1CCC(CNC(=O)c2ccc(OC)c(OC)c2)CC1. The number of nitrogens with zero attached hydrogens (tertiary/aromatic N) is 1. The molecular formula is C19H28N2O5. The predicted octanol–water partition coefficient (Wildman–Crippen LogP) is 1.71. The van der Waals surface area contributed by atoms with Gasteiger partial charge in [0, 0.05) is 32.3 Å². The van der Waals surface area contributed by atoms with Crippen molar-refractivity contribution < 1.29 is 23.8 Å². The van der Waals surface area contributed by atoms with E-state index in [0.717, 1.165) is 25.9 Å². The summed E-state index contributed by atoms with van der Waals surface area (Å²) < 4.78 is 15.4. The van der Waals surface area contributed by atoms with Crippen LogP contribution in [0, 0.1) is 5.92 Å². The first-order chi connectivity index (χ1) is 12.6. The van der Waals surface area contributed by atoms with Gasteiger partial charge in [-0.25, -0.2) is 0 Å². The van der Waals surface area contributed by atoms with E-state index in [1.54, 1.807) is 39.5 Å². The van der Waals surface area contributed by atoms with Crippen molar-refractivity contribution in [1.29, 1.82) is 0 Å². The Morgan fingerprint density at radius 3 is 2.42 bits per heavy atom. The van der Waals surface area contributed by atoms with Crippen LogP contribution in [0.1, 0.15) is 29.6 Å². The molecule has 0 atom stereocenters. The highest BCUT2D eigenvalue weighted by molar-refractivity contribution is 5.94. The van der Waals surface area contributed by atoms with E-state index >= 15 is 0 Å². The van der Waals surface area contributed by atoms with E-state index in [4.69, 9.17) is 14.2 Å². The molecule has 0 saturated carbocycles. The topological polar surface area (TPSA) is 77.1 Å². The molecule has 1 N–H and O–H groups in total. The highest BCUT2D eigenvalue weighted by atomic mass is 16.5. The van der Waals surface area contributed by atoms with Crippen LogP contribution in [-0.2, 0) is 9.53 Å². The summed E-state index contributed by atoms with van der Waals surface area (Å²) in [7, 11) is 4.70. The zero-order valence-corrected chi connectivity index (χ0v) is 15.7. The first-order valence-electron chi connectivity index (χ1n) is 8.86. The second-order valence-corrected chi connectivity index (χ2v) is 6.35. The monoisotopic (exact) mass is 364 g/mol. The molecule has 0 aromatic heterocycles. The Balaban J connectivity index is 1.79. The summed E-state index contributed by atoms with van der Waals surface area (Å²) in [5.74, 6) is 1.51. The van der Waals surface area contributed by atoms with Gasteiger partial charge in [0.2, 0.25) is 5.91 Å². The number of rotatable bonds is 8. The van der Waals surface area contributed by atoms with Crippen molar-refractivity contribution in [3.05, 3.63) is 23.8 Å². The number of carbonyl (C=O) groups excluding carboxylic acids is 2. The van der Waals surface area contributed by atoms with E-state index in [2.05, 4.69) is 5.32 Å². The standard InChI is InChI=1S/C19H28N2O5/c1-24-11-8-18(22)21-9-6-14(7-10-21)13-20-19(23)15-4-5-16(25-2)17(12-15)26-3/h4-5,12,14H,6-11,13H2,1-3H3,(H,20,23). The molecule has 0 aliphatic carbocycles. The zero-order valence-electron chi connectivity index (χ0n) is 15.7. The zero-order chi connectivity index (χ0) is 18.9. The van der Waals surface area contributed by atoms with E-state index in [9.17, 15) is 9.59 Å². The lowest BCUT2D eigenvalue weighted by molar-refractivity contribution is -0.133. The second kappa shape index (κ2) is 10.0. The maximum absolute atomic E-state index is 12.4. The van der Waals surface area contributed by atoms with Gasteiger partial charge in [-0.15, -0.1) is 0 Å². The fraction of sp³-hybridized carbons (Fsp3) is 0.579.